The van der Waals surface area contributed by atoms with Crippen LogP contribution in [0.3, 0.4) is 0 Å². The Hall–Kier alpha value is -1.44. The molecule has 7 heteroatoms. The molecule has 1 saturated carbocycles. The fraction of sp³-hybridized carbons (Fsp3) is 0.800. The van der Waals surface area contributed by atoms with Gasteiger partial charge in [0.05, 0.1) is 6.10 Å². The third-order valence-corrected chi connectivity index (χ3v) is 6.48. The quantitative estimate of drug-likeness (QED) is 0.802. The molecule has 3 aliphatic rings. The van der Waals surface area contributed by atoms with Crippen LogP contribution < -0.4 is 9.80 Å². The summed E-state index contributed by atoms with van der Waals surface area (Å²) >= 11 is 0. The Morgan fingerprint density at radius 3 is 2.52 bits per heavy atom. The fourth-order valence-corrected chi connectivity index (χ4v) is 4.94. The summed E-state index contributed by atoms with van der Waals surface area (Å²) < 4.78 is 0. The lowest BCUT2D eigenvalue weighted by Gasteiger charge is -2.44. The largest absolute Gasteiger partial charge is 0.396 e. The van der Waals surface area contributed by atoms with Gasteiger partial charge in [0, 0.05) is 57.6 Å². The normalized spacial score (nSPS) is 26.1. The van der Waals surface area contributed by atoms with Crippen molar-refractivity contribution in [3.05, 3.63) is 12.3 Å². The number of aliphatic hydroxyl groups is 2. The second kappa shape index (κ2) is 8.71. The molecule has 150 valence electrons. The molecule has 1 atom stereocenters. The summed E-state index contributed by atoms with van der Waals surface area (Å²) in [5, 5.41) is 19.3. The lowest BCUT2D eigenvalue weighted by atomic mass is 10.0. The summed E-state index contributed by atoms with van der Waals surface area (Å²) in [6.45, 7) is 4.79. The van der Waals surface area contributed by atoms with E-state index in [2.05, 4.69) is 19.7 Å². The maximum Gasteiger partial charge on any atom is 0.227 e. The first-order chi connectivity index (χ1) is 13.2. The Kier molecular flexibility index (Phi) is 6.10. The summed E-state index contributed by atoms with van der Waals surface area (Å²) in [6.07, 6.45) is 9.38. The summed E-state index contributed by atoms with van der Waals surface area (Å²) in [5.41, 5.74) is 0. The molecule has 0 unspecified atom stereocenters. The lowest BCUT2D eigenvalue weighted by molar-refractivity contribution is 0.0979. The average molecular weight is 376 g/mol. The van der Waals surface area contributed by atoms with Crippen LogP contribution in [-0.2, 0) is 0 Å². The molecule has 0 aromatic carbocycles. The molecule has 2 N–H and O–H groups in total. The maximum atomic E-state index is 9.73. The zero-order chi connectivity index (χ0) is 18.6. The number of anilines is 2. The molecule has 0 bridgehead atoms. The van der Waals surface area contributed by atoms with Gasteiger partial charge in [-0.3, -0.25) is 4.90 Å². The number of aromatic nitrogens is 2. The van der Waals surface area contributed by atoms with Gasteiger partial charge in [-0.15, -0.1) is 0 Å². The van der Waals surface area contributed by atoms with Gasteiger partial charge in [0.25, 0.3) is 0 Å². The van der Waals surface area contributed by atoms with E-state index in [1.165, 1.54) is 25.7 Å². The molecule has 1 aliphatic carbocycles. The van der Waals surface area contributed by atoms with E-state index in [9.17, 15) is 10.2 Å². The standard InChI is InChI=1S/C20H33N5O2/c26-14-8-17-15-24(12-13-25(17)16-3-1-2-4-16)20-21-9-5-19(22-20)23-10-6-18(27)7-11-23/h5,9,16-18,26-27H,1-4,6-8,10-15H2/t17-/m0/s1. The highest BCUT2D eigenvalue weighted by atomic mass is 16.3. The monoisotopic (exact) mass is 375 g/mol. The van der Waals surface area contributed by atoms with Crippen molar-refractivity contribution in [3.63, 3.8) is 0 Å². The Morgan fingerprint density at radius 1 is 1.00 bits per heavy atom. The molecule has 2 saturated heterocycles. The van der Waals surface area contributed by atoms with Crippen LogP contribution in [0.2, 0.25) is 0 Å². The minimum Gasteiger partial charge on any atom is -0.396 e. The molecular weight excluding hydrogens is 342 g/mol. The second-order valence-electron chi connectivity index (χ2n) is 8.22. The van der Waals surface area contributed by atoms with Crippen LogP contribution in [0.5, 0.6) is 0 Å². The fourth-order valence-electron chi connectivity index (χ4n) is 4.94. The Balaban J connectivity index is 1.44. The van der Waals surface area contributed by atoms with Gasteiger partial charge in [-0.1, -0.05) is 12.8 Å². The van der Waals surface area contributed by atoms with E-state index >= 15 is 0 Å². The molecule has 4 rings (SSSR count). The van der Waals surface area contributed by atoms with Crippen LogP contribution in [-0.4, -0.2) is 82.6 Å². The zero-order valence-corrected chi connectivity index (χ0v) is 16.2. The van der Waals surface area contributed by atoms with E-state index < -0.39 is 0 Å². The molecule has 2 aliphatic heterocycles. The molecule has 7 nitrogen and oxygen atoms in total. The smallest absolute Gasteiger partial charge is 0.227 e. The predicted molar refractivity (Wildman–Crippen MR) is 106 cm³/mol. The number of piperidine rings is 1. The van der Waals surface area contributed by atoms with E-state index in [-0.39, 0.29) is 12.7 Å². The minimum absolute atomic E-state index is 0.175. The molecule has 1 aromatic heterocycles. The van der Waals surface area contributed by atoms with Crippen LogP contribution in [0.15, 0.2) is 12.3 Å². The van der Waals surface area contributed by atoms with Crippen LogP contribution in [0.1, 0.15) is 44.9 Å². The van der Waals surface area contributed by atoms with E-state index in [0.29, 0.717) is 12.1 Å². The molecule has 3 fully saturated rings. The lowest BCUT2D eigenvalue weighted by Crippen LogP contribution is -2.56. The number of hydrogen-bond acceptors (Lipinski definition) is 7. The first-order valence-electron chi connectivity index (χ1n) is 10.6. The highest BCUT2D eigenvalue weighted by Gasteiger charge is 2.34. The van der Waals surface area contributed by atoms with Gasteiger partial charge < -0.3 is 20.0 Å². The van der Waals surface area contributed by atoms with Crippen molar-refractivity contribution < 1.29 is 10.2 Å². The Labute approximate surface area is 162 Å². The van der Waals surface area contributed by atoms with Gasteiger partial charge in [-0.05, 0) is 38.2 Å². The van der Waals surface area contributed by atoms with Gasteiger partial charge >= 0.3 is 0 Å². The summed E-state index contributed by atoms with van der Waals surface area (Å²) in [5.74, 6) is 1.76. The predicted octanol–water partition coefficient (Wildman–Crippen LogP) is 1.25. The topological polar surface area (TPSA) is 76.0 Å². The number of rotatable bonds is 5. The number of piperazine rings is 1. The van der Waals surface area contributed by atoms with Gasteiger partial charge in [0.1, 0.15) is 5.82 Å². The second-order valence-corrected chi connectivity index (χ2v) is 8.22. The van der Waals surface area contributed by atoms with Crippen molar-refractivity contribution in [2.45, 2.75) is 63.1 Å². The average Bonchev–Trinajstić information content (AvgIpc) is 3.23. The molecule has 0 spiro atoms. The summed E-state index contributed by atoms with van der Waals surface area (Å²) in [4.78, 5) is 16.6. The van der Waals surface area contributed by atoms with Gasteiger partial charge in [0.15, 0.2) is 0 Å². The molecule has 0 radical (unpaired) electrons. The van der Waals surface area contributed by atoms with Crippen LogP contribution >= 0.6 is 0 Å². The van der Waals surface area contributed by atoms with Crippen LogP contribution in [0.25, 0.3) is 0 Å². The Bertz CT molecular complexity index is 602. The third-order valence-electron chi connectivity index (χ3n) is 6.48. The van der Waals surface area contributed by atoms with Crippen LogP contribution in [0.4, 0.5) is 11.8 Å². The molecule has 3 heterocycles. The van der Waals surface area contributed by atoms with E-state index in [1.54, 1.807) is 0 Å². The number of aliphatic hydroxyl groups excluding tert-OH is 2. The van der Waals surface area contributed by atoms with Crippen molar-refractivity contribution in [1.82, 2.24) is 14.9 Å². The summed E-state index contributed by atoms with van der Waals surface area (Å²) in [7, 11) is 0. The van der Waals surface area contributed by atoms with Crippen molar-refractivity contribution in [2.75, 3.05) is 49.1 Å². The molecular formula is C20H33N5O2. The highest BCUT2D eigenvalue weighted by Crippen LogP contribution is 2.29. The van der Waals surface area contributed by atoms with E-state index in [4.69, 9.17) is 4.98 Å². The first kappa shape index (κ1) is 18.9. The third kappa shape index (κ3) is 4.36. The first-order valence-corrected chi connectivity index (χ1v) is 10.6. The van der Waals surface area contributed by atoms with Gasteiger partial charge in [-0.25, -0.2) is 4.98 Å². The molecule has 27 heavy (non-hydrogen) atoms. The number of nitrogens with zero attached hydrogens (tertiary/aromatic N) is 5. The van der Waals surface area contributed by atoms with E-state index in [0.717, 1.165) is 63.8 Å². The van der Waals surface area contributed by atoms with Crippen molar-refractivity contribution in [2.24, 2.45) is 0 Å². The minimum atomic E-state index is -0.175. The molecule has 1 aromatic rings. The Morgan fingerprint density at radius 2 is 1.78 bits per heavy atom. The SMILES string of the molecule is OCC[C@H]1CN(c2nccc(N3CCC(O)CC3)n2)CCN1C1CCCC1. The van der Waals surface area contributed by atoms with Crippen molar-refractivity contribution in [3.8, 4) is 0 Å². The highest BCUT2D eigenvalue weighted by molar-refractivity contribution is 5.44. The van der Waals surface area contributed by atoms with Crippen LogP contribution in [0, 0.1) is 0 Å². The van der Waals surface area contributed by atoms with Crippen molar-refractivity contribution >= 4 is 11.8 Å². The number of hydrogen-bond donors (Lipinski definition) is 2. The van der Waals surface area contributed by atoms with Crippen molar-refractivity contribution in [1.29, 1.82) is 0 Å². The maximum absolute atomic E-state index is 9.73. The molecule has 0 amide bonds. The summed E-state index contributed by atoms with van der Waals surface area (Å²) in [6, 6.07) is 3.04. The van der Waals surface area contributed by atoms with Gasteiger partial charge in [-0.2, -0.15) is 4.98 Å². The van der Waals surface area contributed by atoms with E-state index in [1.807, 2.05) is 12.3 Å². The van der Waals surface area contributed by atoms with Gasteiger partial charge in [0.2, 0.25) is 5.95 Å². The zero-order valence-electron chi connectivity index (χ0n) is 16.2.